The van der Waals surface area contributed by atoms with Crippen LogP contribution in [0.3, 0.4) is 0 Å². The van der Waals surface area contributed by atoms with E-state index in [1.165, 1.54) is 45.2 Å². The third-order valence-electron chi connectivity index (χ3n) is 4.50. The number of rotatable bonds is 5. The lowest BCUT2D eigenvalue weighted by atomic mass is 9.96. The van der Waals surface area contributed by atoms with Gasteiger partial charge in [-0.1, -0.05) is 13.8 Å². The Morgan fingerprint density at radius 2 is 2.00 bits per heavy atom. The molecule has 0 aromatic heterocycles. The average molecular weight is 224 g/mol. The van der Waals surface area contributed by atoms with Crippen LogP contribution in [0.5, 0.6) is 0 Å². The summed E-state index contributed by atoms with van der Waals surface area (Å²) in [5, 5.41) is 3.92. The van der Waals surface area contributed by atoms with Crippen LogP contribution in [0.15, 0.2) is 0 Å². The molecule has 1 aliphatic carbocycles. The van der Waals surface area contributed by atoms with E-state index in [2.05, 4.69) is 31.0 Å². The van der Waals surface area contributed by atoms with Gasteiger partial charge in [0.05, 0.1) is 0 Å². The van der Waals surface area contributed by atoms with E-state index in [9.17, 15) is 0 Å². The molecule has 2 heteroatoms. The van der Waals surface area contributed by atoms with E-state index >= 15 is 0 Å². The number of piperidine rings is 1. The summed E-state index contributed by atoms with van der Waals surface area (Å²) in [7, 11) is 0. The summed E-state index contributed by atoms with van der Waals surface area (Å²) >= 11 is 0. The monoisotopic (exact) mass is 224 g/mol. The number of likely N-dealkylation sites (tertiary alicyclic amines) is 1. The van der Waals surface area contributed by atoms with Crippen molar-refractivity contribution in [3.63, 3.8) is 0 Å². The van der Waals surface area contributed by atoms with Crippen LogP contribution in [0, 0.1) is 5.92 Å². The van der Waals surface area contributed by atoms with Crippen molar-refractivity contribution in [1.29, 1.82) is 0 Å². The van der Waals surface area contributed by atoms with Crippen LogP contribution in [-0.4, -0.2) is 36.1 Å². The van der Waals surface area contributed by atoms with E-state index in [1.54, 1.807) is 0 Å². The van der Waals surface area contributed by atoms with E-state index in [0.717, 1.165) is 24.0 Å². The molecule has 0 radical (unpaired) electrons. The minimum absolute atomic E-state index is 0.771. The van der Waals surface area contributed by atoms with Gasteiger partial charge in [0.2, 0.25) is 0 Å². The van der Waals surface area contributed by atoms with Crippen LogP contribution in [0.2, 0.25) is 0 Å². The zero-order chi connectivity index (χ0) is 11.5. The fraction of sp³-hybridized carbons (Fsp3) is 1.00. The second kappa shape index (κ2) is 5.50. The van der Waals surface area contributed by atoms with Crippen molar-refractivity contribution in [2.75, 3.05) is 13.1 Å². The van der Waals surface area contributed by atoms with Gasteiger partial charge < -0.3 is 10.2 Å². The van der Waals surface area contributed by atoms with Crippen molar-refractivity contribution >= 4 is 0 Å². The Morgan fingerprint density at radius 3 is 2.50 bits per heavy atom. The minimum Gasteiger partial charge on any atom is -0.311 e. The second-order valence-corrected chi connectivity index (χ2v) is 5.72. The number of nitrogens with one attached hydrogen (secondary N) is 1. The third kappa shape index (κ3) is 2.98. The molecule has 94 valence electrons. The predicted molar refractivity (Wildman–Crippen MR) is 69.7 cm³/mol. The summed E-state index contributed by atoms with van der Waals surface area (Å²) in [6.45, 7) is 9.50. The summed E-state index contributed by atoms with van der Waals surface area (Å²) in [5.74, 6) is 1.00. The molecule has 1 N–H and O–H groups in total. The molecular formula is C14H28N2. The van der Waals surface area contributed by atoms with Gasteiger partial charge in [-0.05, 0) is 58.0 Å². The topological polar surface area (TPSA) is 15.3 Å². The molecule has 1 saturated heterocycles. The van der Waals surface area contributed by atoms with Gasteiger partial charge >= 0.3 is 0 Å². The highest BCUT2D eigenvalue weighted by Gasteiger charge is 2.33. The van der Waals surface area contributed by atoms with Crippen LogP contribution in [-0.2, 0) is 0 Å². The number of hydrogen-bond donors (Lipinski definition) is 1. The van der Waals surface area contributed by atoms with Gasteiger partial charge in [0.1, 0.15) is 0 Å². The molecule has 0 amide bonds. The highest BCUT2D eigenvalue weighted by atomic mass is 15.2. The van der Waals surface area contributed by atoms with Crippen molar-refractivity contribution in [1.82, 2.24) is 10.2 Å². The molecule has 2 fully saturated rings. The molecule has 3 unspecified atom stereocenters. The summed E-state index contributed by atoms with van der Waals surface area (Å²) in [6.07, 6.45) is 6.94. The SMILES string of the molecule is CCC(NC1CCN(CC)C(C)C1)C1CC1. The van der Waals surface area contributed by atoms with Gasteiger partial charge in [0.15, 0.2) is 0 Å². The molecular weight excluding hydrogens is 196 g/mol. The number of nitrogens with zero attached hydrogens (tertiary/aromatic N) is 1. The Hall–Kier alpha value is -0.0800. The summed E-state index contributed by atoms with van der Waals surface area (Å²) in [4.78, 5) is 2.61. The van der Waals surface area contributed by atoms with Crippen molar-refractivity contribution in [3.8, 4) is 0 Å². The van der Waals surface area contributed by atoms with Gasteiger partial charge in [-0.2, -0.15) is 0 Å². The predicted octanol–water partition coefficient (Wildman–Crippen LogP) is 2.64. The Morgan fingerprint density at radius 1 is 1.25 bits per heavy atom. The standard InChI is InChI=1S/C14H28N2/c1-4-14(12-6-7-12)15-13-8-9-16(5-2)11(3)10-13/h11-15H,4-10H2,1-3H3. The largest absolute Gasteiger partial charge is 0.311 e. The minimum atomic E-state index is 0.771. The molecule has 0 aromatic rings. The van der Waals surface area contributed by atoms with Crippen molar-refractivity contribution in [2.24, 2.45) is 5.92 Å². The Balaban J connectivity index is 1.78. The highest BCUT2D eigenvalue weighted by molar-refractivity contribution is 4.90. The zero-order valence-electron chi connectivity index (χ0n) is 11.2. The van der Waals surface area contributed by atoms with E-state index < -0.39 is 0 Å². The van der Waals surface area contributed by atoms with E-state index in [0.29, 0.717) is 0 Å². The molecule has 2 nitrogen and oxygen atoms in total. The summed E-state index contributed by atoms with van der Waals surface area (Å²) in [6, 6.07) is 2.36. The smallest absolute Gasteiger partial charge is 0.00967 e. The maximum Gasteiger partial charge on any atom is 0.00967 e. The quantitative estimate of drug-likeness (QED) is 0.772. The molecule has 0 bridgehead atoms. The van der Waals surface area contributed by atoms with E-state index in [4.69, 9.17) is 0 Å². The Labute approximate surface area is 101 Å². The maximum atomic E-state index is 3.92. The number of hydrogen-bond acceptors (Lipinski definition) is 2. The normalized spacial score (nSPS) is 33.9. The molecule has 2 aliphatic rings. The fourth-order valence-corrected chi connectivity index (χ4v) is 3.23. The lowest BCUT2D eigenvalue weighted by Crippen LogP contribution is -2.50. The summed E-state index contributed by atoms with van der Waals surface area (Å²) in [5.41, 5.74) is 0. The average Bonchev–Trinajstić information content (AvgIpc) is 3.10. The molecule has 2 rings (SSSR count). The molecule has 1 saturated carbocycles. The molecule has 1 aliphatic heterocycles. The van der Waals surface area contributed by atoms with Crippen LogP contribution in [0.1, 0.15) is 52.9 Å². The van der Waals surface area contributed by atoms with Gasteiger partial charge in [0.25, 0.3) is 0 Å². The molecule has 1 heterocycles. The maximum absolute atomic E-state index is 3.92. The van der Waals surface area contributed by atoms with Crippen molar-refractivity contribution in [2.45, 2.75) is 71.0 Å². The van der Waals surface area contributed by atoms with Gasteiger partial charge in [-0.3, -0.25) is 0 Å². The molecule has 3 atom stereocenters. The van der Waals surface area contributed by atoms with Crippen molar-refractivity contribution < 1.29 is 0 Å². The van der Waals surface area contributed by atoms with E-state index in [-0.39, 0.29) is 0 Å². The first-order valence-electron chi connectivity index (χ1n) is 7.24. The third-order valence-corrected chi connectivity index (χ3v) is 4.50. The Bertz CT molecular complexity index is 213. The zero-order valence-corrected chi connectivity index (χ0v) is 11.2. The lowest BCUT2D eigenvalue weighted by Gasteiger charge is -2.38. The molecule has 16 heavy (non-hydrogen) atoms. The van der Waals surface area contributed by atoms with Crippen LogP contribution >= 0.6 is 0 Å². The van der Waals surface area contributed by atoms with Crippen LogP contribution in [0.25, 0.3) is 0 Å². The van der Waals surface area contributed by atoms with E-state index in [1.807, 2.05) is 0 Å². The first-order chi connectivity index (χ1) is 7.74. The Kier molecular flexibility index (Phi) is 4.26. The highest BCUT2D eigenvalue weighted by Crippen LogP contribution is 2.34. The lowest BCUT2D eigenvalue weighted by molar-refractivity contribution is 0.136. The molecule has 0 aromatic carbocycles. The second-order valence-electron chi connectivity index (χ2n) is 5.72. The van der Waals surface area contributed by atoms with Gasteiger partial charge in [0, 0.05) is 18.1 Å². The first-order valence-corrected chi connectivity index (χ1v) is 7.24. The first kappa shape index (κ1) is 12.4. The van der Waals surface area contributed by atoms with Crippen LogP contribution in [0.4, 0.5) is 0 Å². The van der Waals surface area contributed by atoms with Gasteiger partial charge in [-0.25, -0.2) is 0 Å². The molecule has 0 spiro atoms. The summed E-state index contributed by atoms with van der Waals surface area (Å²) < 4.78 is 0. The fourth-order valence-electron chi connectivity index (χ4n) is 3.23. The van der Waals surface area contributed by atoms with Gasteiger partial charge in [-0.15, -0.1) is 0 Å². The van der Waals surface area contributed by atoms with Crippen LogP contribution < -0.4 is 5.32 Å². The van der Waals surface area contributed by atoms with Crippen molar-refractivity contribution in [3.05, 3.63) is 0 Å².